The second kappa shape index (κ2) is 2.20. The van der Waals surface area contributed by atoms with Crippen LogP contribution in [0.15, 0.2) is 0 Å². The third kappa shape index (κ3) is 1.57. The number of aliphatic hydroxyl groups excluding tert-OH is 1. The summed E-state index contributed by atoms with van der Waals surface area (Å²) in [6.45, 7) is 1.86. The molecule has 0 heterocycles. The summed E-state index contributed by atoms with van der Waals surface area (Å²) in [4.78, 5) is 0. The molecular formula is C9H16O2. The molecule has 0 saturated heterocycles. The minimum absolute atomic E-state index is 0.131. The van der Waals surface area contributed by atoms with Crippen LogP contribution in [-0.2, 0) is 0 Å². The van der Waals surface area contributed by atoms with Gasteiger partial charge >= 0.3 is 0 Å². The second-order valence-corrected chi connectivity index (χ2v) is 4.40. The molecule has 11 heavy (non-hydrogen) atoms. The van der Waals surface area contributed by atoms with Crippen LogP contribution in [0, 0.1) is 11.8 Å². The van der Waals surface area contributed by atoms with E-state index in [9.17, 15) is 10.2 Å². The van der Waals surface area contributed by atoms with E-state index in [4.69, 9.17) is 0 Å². The molecule has 0 aromatic heterocycles. The lowest BCUT2D eigenvalue weighted by Gasteiger charge is -2.08. The monoisotopic (exact) mass is 156 g/mol. The molecule has 2 nitrogen and oxygen atoms in total. The predicted octanol–water partition coefficient (Wildman–Crippen LogP) is 0.918. The number of rotatable bonds is 3. The van der Waals surface area contributed by atoms with Gasteiger partial charge in [-0.2, -0.15) is 0 Å². The van der Waals surface area contributed by atoms with Gasteiger partial charge in [0.2, 0.25) is 0 Å². The highest BCUT2D eigenvalue weighted by atomic mass is 16.3. The van der Waals surface area contributed by atoms with Crippen LogP contribution in [0.2, 0.25) is 0 Å². The maximum absolute atomic E-state index is 9.52. The Morgan fingerprint density at radius 2 is 2.09 bits per heavy atom. The molecular weight excluding hydrogens is 140 g/mol. The zero-order valence-corrected chi connectivity index (χ0v) is 6.95. The first kappa shape index (κ1) is 7.56. The third-order valence-electron chi connectivity index (χ3n) is 3.07. The molecule has 2 saturated carbocycles. The Bertz CT molecular complexity index is 161. The van der Waals surface area contributed by atoms with Gasteiger partial charge in [-0.05, 0) is 44.4 Å². The van der Waals surface area contributed by atoms with Crippen LogP contribution < -0.4 is 0 Å². The highest BCUT2D eigenvalue weighted by Crippen LogP contribution is 2.48. The summed E-state index contributed by atoms with van der Waals surface area (Å²) in [6, 6.07) is 0. The van der Waals surface area contributed by atoms with Gasteiger partial charge in [0.1, 0.15) is 0 Å². The van der Waals surface area contributed by atoms with E-state index in [0.717, 1.165) is 12.8 Å². The predicted molar refractivity (Wildman–Crippen MR) is 42.1 cm³/mol. The molecule has 3 unspecified atom stereocenters. The standard InChI is InChI=1S/C9H16O2/c1-9(11)5-7(9)4-8(10)6-2-3-6/h6-8,10-11H,2-5H2,1H3. The SMILES string of the molecule is CC1(O)CC1CC(O)C1CC1. The van der Waals surface area contributed by atoms with Crippen molar-refractivity contribution >= 4 is 0 Å². The smallest absolute Gasteiger partial charge is 0.0653 e. The molecule has 2 aliphatic rings. The van der Waals surface area contributed by atoms with Crippen molar-refractivity contribution in [3.05, 3.63) is 0 Å². The van der Waals surface area contributed by atoms with Crippen LogP contribution in [0.25, 0.3) is 0 Å². The largest absolute Gasteiger partial charge is 0.393 e. The van der Waals surface area contributed by atoms with Gasteiger partial charge in [-0.15, -0.1) is 0 Å². The van der Waals surface area contributed by atoms with Crippen molar-refractivity contribution in [3.63, 3.8) is 0 Å². The van der Waals surface area contributed by atoms with Gasteiger partial charge in [0, 0.05) is 0 Å². The van der Waals surface area contributed by atoms with Crippen molar-refractivity contribution < 1.29 is 10.2 Å². The van der Waals surface area contributed by atoms with E-state index >= 15 is 0 Å². The molecule has 0 aliphatic heterocycles. The van der Waals surface area contributed by atoms with Gasteiger partial charge in [-0.25, -0.2) is 0 Å². The van der Waals surface area contributed by atoms with Crippen molar-refractivity contribution in [2.24, 2.45) is 11.8 Å². The molecule has 3 atom stereocenters. The molecule has 0 amide bonds. The van der Waals surface area contributed by atoms with Crippen molar-refractivity contribution in [1.82, 2.24) is 0 Å². The molecule has 64 valence electrons. The maximum Gasteiger partial charge on any atom is 0.0653 e. The Balaban J connectivity index is 1.74. The van der Waals surface area contributed by atoms with E-state index in [1.54, 1.807) is 0 Å². The average molecular weight is 156 g/mol. The van der Waals surface area contributed by atoms with Gasteiger partial charge in [-0.1, -0.05) is 0 Å². The topological polar surface area (TPSA) is 40.5 Å². The van der Waals surface area contributed by atoms with E-state index in [1.807, 2.05) is 6.92 Å². The van der Waals surface area contributed by atoms with Crippen molar-refractivity contribution in [1.29, 1.82) is 0 Å². The summed E-state index contributed by atoms with van der Waals surface area (Å²) in [5.74, 6) is 0.935. The normalized spacial score (nSPS) is 45.5. The Morgan fingerprint density at radius 1 is 1.55 bits per heavy atom. The summed E-state index contributed by atoms with van der Waals surface area (Å²) in [5, 5.41) is 19.0. The van der Waals surface area contributed by atoms with E-state index < -0.39 is 5.60 Å². The third-order valence-corrected chi connectivity index (χ3v) is 3.07. The van der Waals surface area contributed by atoms with E-state index in [1.165, 1.54) is 12.8 Å². The van der Waals surface area contributed by atoms with Crippen LogP contribution in [0.3, 0.4) is 0 Å². The molecule has 2 N–H and O–H groups in total. The molecule has 0 aromatic carbocycles. The second-order valence-electron chi connectivity index (χ2n) is 4.40. The molecule has 0 bridgehead atoms. The average Bonchev–Trinajstić information content (AvgIpc) is 2.69. The fourth-order valence-electron chi connectivity index (χ4n) is 1.74. The molecule has 2 fully saturated rings. The highest BCUT2D eigenvalue weighted by molar-refractivity contribution is 5.01. The molecule has 2 heteroatoms. The Labute approximate surface area is 67.2 Å². The van der Waals surface area contributed by atoms with Gasteiger partial charge in [0.15, 0.2) is 0 Å². The van der Waals surface area contributed by atoms with E-state index in [0.29, 0.717) is 11.8 Å². The molecule has 0 radical (unpaired) electrons. The maximum atomic E-state index is 9.52. The van der Waals surface area contributed by atoms with Gasteiger partial charge in [-0.3, -0.25) is 0 Å². The molecule has 0 spiro atoms. The Hall–Kier alpha value is -0.0800. The van der Waals surface area contributed by atoms with E-state index in [2.05, 4.69) is 0 Å². The lowest BCUT2D eigenvalue weighted by molar-refractivity contribution is 0.102. The summed E-state index contributed by atoms with van der Waals surface area (Å²) in [7, 11) is 0. The minimum Gasteiger partial charge on any atom is -0.393 e. The number of aliphatic hydroxyl groups is 2. The fourth-order valence-corrected chi connectivity index (χ4v) is 1.74. The van der Waals surface area contributed by atoms with E-state index in [-0.39, 0.29) is 6.10 Å². The first-order valence-corrected chi connectivity index (χ1v) is 4.50. The van der Waals surface area contributed by atoms with Crippen molar-refractivity contribution in [3.8, 4) is 0 Å². The molecule has 2 rings (SSSR count). The zero-order chi connectivity index (χ0) is 8.06. The quantitative estimate of drug-likeness (QED) is 0.638. The van der Waals surface area contributed by atoms with Crippen LogP contribution in [-0.4, -0.2) is 21.9 Å². The lowest BCUT2D eigenvalue weighted by Crippen LogP contribution is -2.14. The number of hydrogen-bond donors (Lipinski definition) is 2. The Morgan fingerprint density at radius 3 is 2.45 bits per heavy atom. The highest BCUT2D eigenvalue weighted by Gasteiger charge is 2.50. The van der Waals surface area contributed by atoms with Crippen LogP contribution in [0.1, 0.15) is 32.6 Å². The lowest BCUT2D eigenvalue weighted by atomic mass is 10.1. The van der Waals surface area contributed by atoms with Gasteiger partial charge in [0.25, 0.3) is 0 Å². The summed E-state index contributed by atoms with van der Waals surface area (Å²) >= 11 is 0. The zero-order valence-electron chi connectivity index (χ0n) is 6.95. The summed E-state index contributed by atoms with van der Waals surface area (Å²) in [6.07, 6.45) is 3.95. The molecule has 2 aliphatic carbocycles. The van der Waals surface area contributed by atoms with Crippen LogP contribution in [0.4, 0.5) is 0 Å². The first-order valence-electron chi connectivity index (χ1n) is 4.50. The van der Waals surface area contributed by atoms with Crippen LogP contribution >= 0.6 is 0 Å². The van der Waals surface area contributed by atoms with Crippen LogP contribution in [0.5, 0.6) is 0 Å². The molecule has 0 aromatic rings. The van der Waals surface area contributed by atoms with Gasteiger partial charge in [0.05, 0.1) is 11.7 Å². The summed E-state index contributed by atoms with van der Waals surface area (Å²) < 4.78 is 0. The minimum atomic E-state index is -0.449. The first-order chi connectivity index (χ1) is 5.09. The Kier molecular flexibility index (Phi) is 1.52. The van der Waals surface area contributed by atoms with Gasteiger partial charge < -0.3 is 10.2 Å². The number of hydrogen-bond acceptors (Lipinski definition) is 2. The fraction of sp³-hybridized carbons (Fsp3) is 1.00. The summed E-state index contributed by atoms with van der Waals surface area (Å²) in [5.41, 5.74) is -0.449. The van der Waals surface area contributed by atoms with Crippen molar-refractivity contribution in [2.75, 3.05) is 0 Å². The van der Waals surface area contributed by atoms with Crippen molar-refractivity contribution in [2.45, 2.75) is 44.3 Å².